The van der Waals surface area contributed by atoms with Crippen molar-refractivity contribution in [3.63, 3.8) is 0 Å². The summed E-state index contributed by atoms with van der Waals surface area (Å²) in [5.74, 6) is 0. The van der Waals surface area contributed by atoms with Crippen LogP contribution in [0.3, 0.4) is 0 Å². The Balaban J connectivity index is 2.69. The summed E-state index contributed by atoms with van der Waals surface area (Å²) in [7, 11) is -4.97. The number of alkyl halides is 3. The summed E-state index contributed by atoms with van der Waals surface area (Å²) in [6.07, 6.45) is -4.92. The highest BCUT2D eigenvalue weighted by Crippen LogP contribution is 2.37. The Morgan fingerprint density at radius 3 is 2.14 bits per heavy atom. The summed E-state index contributed by atoms with van der Waals surface area (Å²) in [4.78, 5) is -1.18. The van der Waals surface area contributed by atoms with Crippen LogP contribution in [-0.4, -0.2) is 13.0 Å². The molecule has 0 atom stereocenters. The molecule has 2 aromatic carbocycles. The molecule has 112 valence electrons. The van der Waals surface area contributed by atoms with Gasteiger partial charge >= 0.3 is 6.18 Å². The summed E-state index contributed by atoms with van der Waals surface area (Å²) in [6.45, 7) is 0. The third kappa shape index (κ3) is 3.55. The molecule has 0 unspecified atom stereocenters. The molecule has 0 radical (unpaired) electrons. The topological polar surface area (TPSA) is 54.4 Å². The van der Waals surface area contributed by atoms with Crippen LogP contribution in [0.1, 0.15) is 5.56 Å². The smallest absolute Gasteiger partial charge is 0.282 e. The molecule has 0 aromatic heterocycles. The first-order valence-corrected chi connectivity index (χ1v) is 7.35. The number of benzene rings is 2. The number of halogens is 4. The van der Waals surface area contributed by atoms with Crippen molar-refractivity contribution in [1.82, 2.24) is 0 Å². The van der Waals surface area contributed by atoms with E-state index in [1.807, 2.05) is 0 Å². The molecule has 0 fully saturated rings. The molecule has 0 aliphatic rings. The standard InChI is InChI=1S/C13H8ClF3O3S/c14-10-3-1-2-8(6-10)9-4-5-12(21(18,19)20)11(7-9)13(15,16)17/h1-7H,(H,18,19,20). The maximum atomic E-state index is 13.0. The van der Waals surface area contributed by atoms with E-state index >= 15 is 0 Å². The quantitative estimate of drug-likeness (QED) is 0.833. The third-order valence-electron chi connectivity index (χ3n) is 2.72. The first kappa shape index (κ1) is 15.8. The SMILES string of the molecule is O=S(=O)(O)c1ccc(-c2cccc(Cl)c2)cc1C(F)(F)F. The second-order valence-corrected chi connectivity index (χ2v) is 6.02. The Bertz CT molecular complexity index is 785. The van der Waals surface area contributed by atoms with Gasteiger partial charge in [0.2, 0.25) is 0 Å². The molecule has 0 aliphatic heterocycles. The van der Waals surface area contributed by atoms with Gasteiger partial charge in [0, 0.05) is 5.02 Å². The van der Waals surface area contributed by atoms with Crippen molar-refractivity contribution in [1.29, 1.82) is 0 Å². The fourth-order valence-electron chi connectivity index (χ4n) is 1.82. The van der Waals surface area contributed by atoms with Gasteiger partial charge in [0.1, 0.15) is 4.90 Å². The number of hydrogen-bond donors (Lipinski definition) is 1. The van der Waals surface area contributed by atoms with Gasteiger partial charge in [-0.1, -0.05) is 29.8 Å². The third-order valence-corrected chi connectivity index (χ3v) is 3.87. The first-order chi connectivity index (χ1) is 9.59. The monoisotopic (exact) mass is 336 g/mol. The lowest BCUT2D eigenvalue weighted by Gasteiger charge is -2.13. The second kappa shape index (κ2) is 5.32. The van der Waals surface area contributed by atoms with E-state index in [2.05, 4.69) is 0 Å². The molecular weight excluding hydrogens is 329 g/mol. The Morgan fingerprint density at radius 2 is 1.62 bits per heavy atom. The molecule has 2 rings (SSSR count). The van der Waals surface area contributed by atoms with Crippen LogP contribution in [-0.2, 0) is 16.3 Å². The Hall–Kier alpha value is -1.57. The maximum absolute atomic E-state index is 13.0. The van der Waals surface area contributed by atoms with E-state index in [-0.39, 0.29) is 5.56 Å². The molecule has 0 saturated heterocycles. The summed E-state index contributed by atoms with van der Waals surface area (Å²) in [5.41, 5.74) is -0.894. The summed E-state index contributed by atoms with van der Waals surface area (Å²) >= 11 is 5.77. The molecule has 0 heterocycles. The predicted octanol–water partition coefficient (Wildman–Crippen LogP) is 4.27. The van der Waals surface area contributed by atoms with Crippen LogP contribution in [0, 0.1) is 0 Å². The normalized spacial score (nSPS) is 12.4. The Morgan fingerprint density at radius 1 is 1.00 bits per heavy atom. The number of hydrogen-bond acceptors (Lipinski definition) is 2. The van der Waals surface area contributed by atoms with Gasteiger partial charge in [-0.05, 0) is 35.4 Å². The van der Waals surface area contributed by atoms with Crippen LogP contribution in [0.5, 0.6) is 0 Å². The maximum Gasteiger partial charge on any atom is 0.417 e. The fourth-order valence-corrected chi connectivity index (χ4v) is 2.71. The summed E-state index contributed by atoms with van der Waals surface area (Å²) in [6, 6.07) is 8.65. The van der Waals surface area contributed by atoms with E-state index in [0.29, 0.717) is 22.7 Å². The van der Waals surface area contributed by atoms with Gasteiger partial charge in [-0.15, -0.1) is 0 Å². The van der Waals surface area contributed by atoms with Crippen molar-refractivity contribution >= 4 is 21.7 Å². The molecule has 0 saturated carbocycles. The van der Waals surface area contributed by atoms with E-state index < -0.39 is 26.8 Å². The zero-order valence-corrected chi connectivity index (χ0v) is 11.8. The van der Waals surface area contributed by atoms with Gasteiger partial charge in [-0.3, -0.25) is 4.55 Å². The number of rotatable bonds is 2. The average Bonchev–Trinajstić information content (AvgIpc) is 2.36. The molecule has 0 amide bonds. The molecule has 3 nitrogen and oxygen atoms in total. The zero-order valence-electron chi connectivity index (χ0n) is 10.2. The molecule has 8 heteroatoms. The molecular formula is C13H8ClF3O3S. The van der Waals surface area contributed by atoms with Crippen molar-refractivity contribution in [2.75, 3.05) is 0 Å². The van der Waals surface area contributed by atoms with E-state index in [1.165, 1.54) is 18.2 Å². The van der Waals surface area contributed by atoms with Crippen LogP contribution in [0.2, 0.25) is 5.02 Å². The summed E-state index contributed by atoms with van der Waals surface area (Å²) < 4.78 is 69.8. The second-order valence-electron chi connectivity index (χ2n) is 4.19. The van der Waals surface area contributed by atoms with Gasteiger partial charge in [0.25, 0.3) is 10.1 Å². The average molecular weight is 337 g/mol. The van der Waals surface area contributed by atoms with Crippen molar-refractivity contribution in [3.05, 3.63) is 53.1 Å². The van der Waals surface area contributed by atoms with Gasteiger partial charge in [0.15, 0.2) is 0 Å². The van der Waals surface area contributed by atoms with Gasteiger partial charge in [-0.2, -0.15) is 21.6 Å². The van der Waals surface area contributed by atoms with Crippen molar-refractivity contribution in [3.8, 4) is 11.1 Å². The lowest BCUT2D eigenvalue weighted by molar-refractivity contribution is -0.139. The molecule has 0 spiro atoms. The van der Waals surface area contributed by atoms with E-state index in [1.54, 1.807) is 12.1 Å². The molecule has 1 N–H and O–H groups in total. The first-order valence-electron chi connectivity index (χ1n) is 5.54. The van der Waals surface area contributed by atoms with E-state index in [4.69, 9.17) is 16.2 Å². The van der Waals surface area contributed by atoms with Gasteiger partial charge < -0.3 is 0 Å². The minimum Gasteiger partial charge on any atom is -0.282 e. The highest BCUT2D eigenvalue weighted by atomic mass is 35.5. The predicted molar refractivity (Wildman–Crippen MR) is 71.7 cm³/mol. The van der Waals surface area contributed by atoms with Crippen LogP contribution < -0.4 is 0 Å². The largest absolute Gasteiger partial charge is 0.417 e. The van der Waals surface area contributed by atoms with Crippen LogP contribution in [0.4, 0.5) is 13.2 Å². The highest BCUT2D eigenvalue weighted by molar-refractivity contribution is 7.85. The zero-order chi connectivity index (χ0) is 15.8. The molecule has 21 heavy (non-hydrogen) atoms. The Labute approximate surface area is 123 Å². The summed E-state index contributed by atoms with van der Waals surface area (Å²) in [5, 5.41) is 0.333. The van der Waals surface area contributed by atoms with E-state index in [0.717, 1.165) is 0 Å². The van der Waals surface area contributed by atoms with Gasteiger partial charge in [0.05, 0.1) is 5.56 Å². The molecule has 0 bridgehead atoms. The van der Waals surface area contributed by atoms with Crippen LogP contribution in [0.25, 0.3) is 11.1 Å². The van der Waals surface area contributed by atoms with Gasteiger partial charge in [-0.25, -0.2) is 0 Å². The lowest BCUT2D eigenvalue weighted by atomic mass is 10.0. The minimum absolute atomic E-state index is 0.136. The highest BCUT2D eigenvalue weighted by Gasteiger charge is 2.37. The Kier molecular flexibility index (Phi) is 4.01. The van der Waals surface area contributed by atoms with Crippen molar-refractivity contribution in [2.45, 2.75) is 11.1 Å². The van der Waals surface area contributed by atoms with Crippen molar-refractivity contribution in [2.24, 2.45) is 0 Å². The van der Waals surface area contributed by atoms with Crippen LogP contribution >= 0.6 is 11.6 Å². The van der Waals surface area contributed by atoms with Crippen LogP contribution in [0.15, 0.2) is 47.4 Å². The molecule has 2 aromatic rings. The fraction of sp³-hybridized carbons (Fsp3) is 0.0769. The van der Waals surface area contributed by atoms with E-state index in [9.17, 15) is 21.6 Å². The minimum atomic E-state index is -4.97. The molecule has 0 aliphatic carbocycles. The van der Waals surface area contributed by atoms with Crippen molar-refractivity contribution < 1.29 is 26.1 Å². The lowest BCUT2D eigenvalue weighted by Crippen LogP contribution is -2.12.